The van der Waals surface area contributed by atoms with Gasteiger partial charge in [-0.15, -0.1) is 0 Å². The third kappa shape index (κ3) is 6.09. The number of rotatable bonds is 10. The van der Waals surface area contributed by atoms with Crippen molar-refractivity contribution in [3.05, 3.63) is 76.1 Å². The maximum atomic E-state index is 11.0. The first kappa shape index (κ1) is 23.2. The van der Waals surface area contributed by atoms with E-state index >= 15 is 0 Å². The summed E-state index contributed by atoms with van der Waals surface area (Å²) < 4.78 is 5.92. The molecular formula is C26H28ClN3O3. The first-order valence-electron chi connectivity index (χ1n) is 11.3. The number of fused-ring (bicyclic) bond motifs is 1. The molecular weight excluding hydrogens is 438 g/mol. The minimum absolute atomic E-state index is 0.126. The molecule has 1 atom stereocenters. The molecule has 172 valence electrons. The number of halogens is 1. The molecule has 1 aromatic heterocycles. The van der Waals surface area contributed by atoms with Gasteiger partial charge in [0, 0.05) is 23.3 Å². The Labute approximate surface area is 199 Å². The summed E-state index contributed by atoms with van der Waals surface area (Å²) in [6, 6.07) is 13.6. The number of nitrogens with one attached hydrogen (secondary N) is 1. The number of aliphatic carboxylic acids is 1. The number of carboxylic acids is 1. The molecule has 0 aliphatic heterocycles. The van der Waals surface area contributed by atoms with Crippen LogP contribution in [0.25, 0.3) is 11.4 Å². The van der Waals surface area contributed by atoms with Gasteiger partial charge in [0.05, 0.1) is 18.7 Å². The fourth-order valence-electron chi connectivity index (χ4n) is 4.18. The Morgan fingerprint density at radius 2 is 2.06 bits per heavy atom. The van der Waals surface area contributed by atoms with Crippen LogP contribution in [0.4, 0.5) is 0 Å². The second-order valence-corrected chi connectivity index (χ2v) is 8.84. The van der Waals surface area contributed by atoms with Crippen LogP contribution in [0.5, 0.6) is 5.75 Å². The van der Waals surface area contributed by atoms with Crippen LogP contribution in [0.1, 0.15) is 47.6 Å². The molecule has 3 aromatic rings. The predicted molar refractivity (Wildman–Crippen MR) is 129 cm³/mol. The first-order chi connectivity index (χ1) is 16.0. The van der Waals surface area contributed by atoms with Crippen LogP contribution in [0.2, 0.25) is 5.02 Å². The average Bonchev–Trinajstić information content (AvgIpc) is 3.19. The third-order valence-corrected chi connectivity index (χ3v) is 6.23. The molecule has 2 N–H and O–H groups in total. The fraction of sp³-hybridized carbons (Fsp3) is 0.346. The molecule has 0 bridgehead atoms. The smallest absolute Gasteiger partial charge is 0.303 e. The molecule has 0 spiro atoms. The van der Waals surface area contributed by atoms with E-state index in [2.05, 4.69) is 16.4 Å². The molecule has 4 rings (SSSR count). The van der Waals surface area contributed by atoms with Crippen molar-refractivity contribution in [2.75, 3.05) is 13.2 Å². The van der Waals surface area contributed by atoms with Crippen molar-refractivity contribution in [1.29, 1.82) is 0 Å². The molecule has 2 aromatic carbocycles. The van der Waals surface area contributed by atoms with Crippen LogP contribution >= 0.6 is 11.6 Å². The van der Waals surface area contributed by atoms with E-state index in [-0.39, 0.29) is 12.3 Å². The van der Waals surface area contributed by atoms with E-state index in [9.17, 15) is 4.79 Å². The molecule has 0 amide bonds. The van der Waals surface area contributed by atoms with Gasteiger partial charge < -0.3 is 15.2 Å². The molecule has 0 radical (unpaired) electrons. The Morgan fingerprint density at radius 3 is 2.85 bits per heavy atom. The van der Waals surface area contributed by atoms with Crippen LogP contribution in [-0.4, -0.2) is 34.2 Å². The minimum Gasteiger partial charge on any atom is -0.494 e. The summed E-state index contributed by atoms with van der Waals surface area (Å²) >= 11 is 5.97. The zero-order valence-corrected chi connectivity index (χ0v) is 19.4. The number of hydrogen-bond donors (Lipinski definition) is 2. The standard InChI is InChI=1S/C26H28ClN3O3/c1-17-15-29-26(18-5-7-21(27)8-6-18)30-24(17)16-28-11-2-12-33-22-9-10-23-19(13-22)3-4-20(23)14-25(31)32/h5-10,13,15,20,28H,2-4,11-12,14,16H2,1H3,(H,31,32)/t20-/m0/s1. The van der Waals surface area contributed by atoms with Crippen molar-refractivity contribution in [1.82, 2.24) is 15.3 Å². The van der Waals surface area contributed by atoms with Crippen LogP contribution in [0, 0.1) is 6.92 Å². The number of carbonyl (C=O) groups is 1. The SMILES string of the molecule is Cc1cnc(-c2ccc(Cl)cc2)nc1CNCCCOc1ccc2c(c1)CC[C@H]2CC(=O)O. The summed E-state index contributed by atoms with van der Waals surface area (Å²) in [7, 11) is 0. The summed E-state index contributed by atoms with van der Waals surface area (Å²) in [6.45, 7) is 4.11. The van der Waals surface area contributed by atoms with Gasteiger partial charge in [0.2, 0.25) is 0 Å². The van der Waals surface area contributed by atoms with Gasteiger partial charge in [-0.05, 0) is 91.7 Å². The molecule has 1 aliphatic rings. The van der Waals surface area contributed by atoms with E-state index in [1.807, 2.05) is 49.5 Å². The lowest BCUT2D eigenvalue weighted by Gasteiger charge is -2.11. The van der Waals surface area contributed by atoms with Crippen LogP contribution < -0.4 is 10.1 Å². The van der Waals surface area contributed by atoms with Gasteiger partial charge in [-0.25, -0.2) is 9.97 Å². The van der Waals surface area contributed by atoms with Crippen molar-refractivity contribution in [3.8, 4) is 17.1 Å². The molecule has 1 heterocycles. The van der Waals surface area contributed by atoms with Crippen molar-refractivity contribution >= 4 is 17.6 Å². The lowest BCUT2D eigenvalue weighted by Crippen LogP contribution is -2.19. The maximum Gasteiger partial charge on any atom is 0.303 e. The molecule has 6 nitrogen and oxygen atoms in total. The highest BCUT2D eigenvalue weighted by atomic mass is 35.5. The van der Waals surface area contributed by atoms with E-state index in [0.29, 0.717) is 24.0 Å². The number of aryl methyl sites for hydroxylation is 2. The molecule has 0 saturated heterocycles. The maximum absolute atomic E-state index is 11.0. The molecule has 0 fully saturated rings. The Balaban J connectivity index is 1.22. The van der Waals surface area contributed by atoms with Gasteiger partial charge in [0.15, 0.2) is 5.82 Å². The summed E-state index contributed by atoms with van der Waals surface area (Å²) in [5.74, 6) is 0.934. The predicted octanol–water partition coefficient (Wildman–Crippen LogP) is 5.17. The lowest BCUT2D eigenvalue weighted by atomic mass is 9.98. The summed E-state index contributed by atoms with van der Waals surface area (Å²) in [6.07, 6.45) is 4.74. The number of hydrogen-bond acceptors (Lipinski definition) is 5. The number of aromatic nitrogens is 2. The van der Waals surface area contributed by atoms with Crippen molar-refractivity contribution in [2.24, 2.45) is 0 Å². The number of carboxylic acid groups (broad SMARTS) is 1. The minimum atomic E-state index is -0.737. The lowest BCUT2D eigenvalue weighted by molar-refractivity contribution is -0.137. The summed E-state index contributed by atoms with van der Waals surface area (Å²) in [5, 5.41) is 13.2. The monoisotopic (exact) mass is 465 g/mol. The molecule has 33 heavy (non-hydrogen) atoms. The number of nitrogens with zero attached hydrogens (tertiary/aromatic N) is 2. The number of ether oxygens (including phenoxy) is 1. The van der Waals surface area contributed by atoms with E-state index in [1.165, 1.54) is 5.56 Å². The first-order valence-corrected chi connectivity index (χ1v) is 11.6. The Morgan fingerprint density at radius 1 is 1.24 bits per heavy atom. The third-order valence-electron chi connectivity index (χ3n) is 5.98. The quantitative estimate of drug-likeness (QED) is 0.402. The van der Waals surface area contributed by atoms with Gasteiger partial charge in [0.1, 0.15) is 5.75 Å². The molecule has 0 saturated carbocycles. The van der Waals surface area contributed by atoms with Crippen LogP contribution in [0.3, 0.4) is 0 Å². The van der Waals surface area contributed by atoms with Gasteiger partial charge >= 0.3 is 5.97 Å². The highest BCUT2D eigenvalue weighted by Crippen LogP contribution is 2.37. The topological polar surface area (TPSA) is 84.3 Å². The largest absolute Gasteiger partial charge is 0.494 e. The van der Waals surface area contributed by atoms with E-state index in [0.717, 1.165) is 53.9 Å². The summed E-state index contributed by atoms with van der Waals surface area (Å²) in [5.41, 5.74) is 5.34. The number of benzene rings is 2. The zero-order valence-electron chi connectivity index (χ0n) is 18.7. The Kier molecular flexibility index (Phi) is 7.57. The Hall–Kier alpha value is -2.96. The molecule has 1 aliphatic carbocycles. The van der Waals surface area contributed by atoms with Crippen LogP contribution in [0.15, 0.2) is 48.7 Å². The molecule has 0 unspecified atom stereocenters. The molecule has 7 heteroatoms. The highest BCUT2D eigenvalue weighted by Gasteiger charge is 2.24. The van der Waals surface area contributed by atoms with E-state index in [1.54, 1.807) is 0 Å². The van der Waals surface area contributed by atoms with E-state index < -0.39 is 5.97 Å². The van der Waals surface area contributed by atoms with Crippen LogP contribution in [-0.2, 0) is 17.8 Å². The normalized spacial score (nSPS) is 14.8. The Bertz CT molecular complexity index is 1120. The second-order valence-electron chi connectivity index (χ2n) is 8.40. The fourth-order valence-corrected chi connectivity index (χ4v) is 4.31. The van der Waals surface area contributed by atoms with E-state index in [4.69, 9.17) is 26.4 Å². The highest BCUT2D eigenvalue weighted by molar-refractivity contribution is 6.30. The second kappa shape index (κ2) is 10.8. The summed E-state index contributed by atoms with van der Waals surface area (Å²) in [4.78, 5) is 20.2. The van der Waals surface area contributed by atoms with Crippen molar-refractivity contribution in [2.45, 2.75) is 45.1 Å². The average molecular weight is 466 g/mol. The van der Waals surface area contributed by atoms with Crippen molar-refractivity contribution < 1.29 is 14.6 Å². The van der Waals surface area contributed by atoms with Gasteiger partial charge in [-0.2, -0.15) is 0 Å². The van der Waals surface area contributed by atoms with Gasteiger partial charge in [-0.3, -0.25) is 4.79 Å². The van der Waals surface area contributed by atoms with Gasteiger partial charge in [-0.1, -0.05) is 17.7 Å². The van der Waals surface area contributed by atoms with Crippen molar-refractivity contribution in [3.63, 3.8) is 0 Å². The zero-order chi connectivity index (χ0) is 23.2. The van der Waals surface area contributed by atoms with Gasteiger partial charge in [0.25, 0.3) is 0 Å².